The molecule has 0 saturated heterocycles. The Morgan fingerprint density at radius 3 is 2.50 bits per heavy atom. The van der Waals surface area contributed by atoms with Gasteiger partial charge in [-0.15, -0.1) is 0 Å². The smallest absolute Gasteiger partial charge is 0.416 e. The molecule has 0 fully saturated rings. The van der Waals surface area contributed by atoms with Crippen LogP contribution in [0.15, 0.2) is 18.2 Å². The van der Waals surface area contributed by atoms with Crippen LogP contribution in [0.4, 0.5) is 18.9 Å². The van der Waals surface area contributed by atoms with Crippen LogP contribution in [0.25, 0.3) is 0 Å². The van der Waals surface area contributed by atoms with Crippen molar-refractivity contribution < 1.29 is 22.7 Å². The molecule has 6 heteroatoms. The SMILES string of the molecule is COC(=O)C(C)Nc1cc(C(F)(F)F)ccc1C. The highest BCUT2D eigenvalue weighted by atomic mass is 19.4. The first-order chi connectivity index (χ1) is 8.25. The normalized spacial score (nSPS) is 13.0. The van der Waals surface area contributed by atoms with Crippen molar-refractivity contribution >= 4 is 11.7 Å². The lowest BCUT2D eigenvalue weighted by molar-refractivity contribution is -0.141. The lowest BCUT2D eigenvalue weighted by Gasteiger charge is -2.16. The maximum atomic E-state index is 12.5. The van der Waals surface area contributed by atoms with E-state index >= 15 is 0 Å². The lowest BCUT2D eigenvalue weighted by atomic mass is 10.1. The van der Waals surface area contributed by atoms with E-state index in [9.17, 15) is 18.0 Å². The average molecular weight is 261 g/mol. The number of alkyl halides is 3. The Bertz CT molecular complexity index is 443. The molecule has 0 bridgehead atoms. The van der Waals surface area contributed by atoms with E-state index in [-0.39, 0.29) is 5.69 Å². The van der Waals surface area contributed by atoms with Crippen molar-refractivity contribution in [3.8, 4) is 0 Å². The fourth-order valence-electron chi connectivity index (χ4n) is 1.42. The third kappa shape index (κ3) is 3.38. The molecule has 1 N–H and O–H groups in total. The van der Waals surface area contributed by atoms with Gasteiger partial charge in [0.2, 0.25) is 0 Å². The molecule has 1 unspecified atom stereocenters. The van der Waals surface area contributed by atoms with Crippen molar-refractivity contribution in [2.45, 2.75) is 26.1 Å². The molecule has 0 amide bonds. The summed E-state index contributed by atoms with van der Waals surface area (Å²) < 4.78 is 42.1. The summed E-state index contributed by atoms with van der Waals surface area (Å²) in [7, 11) is 1.22. The van der Waals surface area contributed by atoms with Gasteiger partial charge in [-0.05, 0) is 31.5 Å². The molecule has 100 valence electrons. The summed E-state index contributed by atoms with van der Waals surface area (Å²) in [5.74, 6) is -0.535. The van der Waals surface area contributed by atoms with E-state index in [1.54, 1.807) is 6.92 Å². The number of methoxy groups -OCH3 is 1. The van der Waals surface area contributed by atoms with Crippen molar-refractivity contribution in [3.05, 3.63) is 29.3 Å². The van der Waals surface area contributed by atoms with Crippen LogP contribution in [0.2, 0.25) is 0 Å². The molecular weight excluding hydrogens is 247 g/mol. The zero-order valence-corrected chi connectivity index (χ0v) is 10.3. The van der Waals surface area contributed by atoms with E-state index in [1.165, 1.54) is 20.1 Å². The summed E-state index contributed by atoms with van der Waals surface area (Å²) in [4.78, 5) is 11.2. The Hall–Kier alpha value is -1.72. The van der Waals surface area contributed by atoms with Gasteiger partial charge in [-0.25, -0.2) is 4.79 Å². The van der Waals surface area contributed by atoms with E-state index in [0.29, 0.717) is 5.56 Å². The van der Waals surface area contributed by atoms with Crippen LogP contribution >= 0.6 is 0 Å². The highest BCUT2D eigenvalue weighted by molar-refractivity contribution is 5.79. The zero-order valence-electron chi connectivity index (χ0n) is 10.3. The predicted octanol–water partition coefficient (Wildman–Crippen LogP) is 2.99. The van der Waals surface area contributed by atoms with Crippen LogP contribution in [0, 0.1) is 6.92 Å². The monoisotopic (exact) mass is 261 g/mol. The Morgan fingerprint density at radius 2 is 2.00 bits per heavy atom. The number of carbonyl (C=O) groups excluding carboxylic acids is 1. The van der Waals surface area contributed by atoms with Gasteiger partial charge in [0.25, 0.3) is 0 Å². The van der Waals surface area contributed by atoms with Gasteiger partial charge in [0, 0.05) is 5.69 Å². The molecule has 0 radical (unpaired) electrons. The number of ether oxygens (including phenoxy) is 1. The molecule has 1 atom stereocenters. The fraction of sp³-hybridized carbons (Fsp3) is 0.417. The predicted molar refractivity (Wildman–Crippen MR) is 61.3 cm³/mol. The van der Waals surface area contributed by atoms with E-state index in [1.807, 2.05) is 0 Å². The summed E-state index contributed by atoms with van der Waals surface area (Å²) in [6.45, 7) is 3.18. The molecule has 0 saturated carbocycles. The number of hydrogen-bond acceptors (Lipinski definition) is 3. The summed E-state index contributed by atoms with van der Waals surface area (Å²) in [5.41, 5.74) is 0.133. The molecule has 1 aromatic carbocycles. The molecule has 3 nitrogen and oxygen atoms in total. The average Bonchev–Trinajstić information content (AvgIpc) is 2.29. The number of hydrogen-bond donors (Lipinski definition) is 1. The van der Waals surface area contributed by atoms with Gasteiger partial charge in [-0.3, -0.25) is 0 Å². The molecule has 0 aliphatic carbocycles. The van der Waals surface area contributed by atoms with E-state index in [2.05, 4.69) is 10.1 Å². The maximum Gasteiger partial charge on any atom is 0.416 e. The van der Waals surface area contributed by atoms with E-state index < -0.39 is 23.8 Å². The number of rotatable bonds is 3. The van der Waals surface area contributed by atoms with Gasteiger partial charge in [0.15, 0.2) is 0 Å². The first-order valence-corrected chi connectivity index (χ1v) is 5.28. The lowest BCUT2D eigenvalue weighted by Crippen LogP contribution is -2.27. The Balaban J connectivity index is 2.98. The summed E-state index contributed by atoms with van der Waals surface area (Å²) in [5, 5.41) is 2.70. The first-order valence-electron chi connectivity index (χ1n) is 5.28. The number of nitrogens with one attached hydrogen (secondary N) is 1. The first kappa shape index (κ1) is 14.3. The third-order valence-corrected chi connectivity index (χ3v) is 2.49. The van der Waals surface area contributed by atoms with Crippen LogP contribution in [-0.2, 0) is 15.7 Å². The number of benzene rings is 1. The molecule has 0 aliphatic rings. The molecule has 0 aromatic heterocycles. The number of carbonyl (C=O) groups is 1. The van der Waals surface area contributed by atoms with Crippen LogP contribution < -0.4 is 5.32 Å². The van der Waals surface area contributed by atoms with Gasteiger partial charge < -0.3 is 10.1 Å². The number of aryl methyl sites for hydroxylation is 1. The minimum atomic E-state index is -4.40. The molecular formula is C12H14F3NO2. The quantitative estimate of drug-likeness (QED) is 0.850. The molecule has 18 heavy (non-hydrogen) atoms. The minimum absolute atomic E-state index is 0.266. The highest BCUT2D eigenvalue weighted by Crippen LogP contribution is 2.32. The van der Waals surface area contributed by atoms with Crippen molar-refractivity contribution in [3.63, 3.8) is 0 Å². The summed E-state index contributed by atoms with van der Waals surface area (Å²) in [6.07, 6.45) is -4.40. The van der Waals surface area contributed by atoms with Crippen molar-refractivity contribution in [1.29, 1.82) is 0 Å². The van der Waals surface area contributed by atoms with Crippen molar-refractivity contribution in [2.75, 3.05) is 12.4 Å². The second-order valence-corrected chi connectivity index (χ2v) is 3.92. The van der Waals surface area contributed by atoms with Crippen molar-refractivity contribution in [2.24, 2.45) is 0 Å². The van der Waals surface area contributed by atoms with Crippen LogP contribution in [0.1, 0.15) is 18.1 Å². The van der Waals surface area contributed by atoms with E-state index in [0.717, 1.165) is 12.1 Å². The summed E-state index contributed by atoms with van der Waals surface area (Å²) in [6, 6.07) is 2.63. The Labute approximate surface area is 103 Å². The minimum Gasteiger partial charge on any atom is -0.467 e. The van der Waals surface area contributed by atoms with Crippen LogP contribution in [0.3, 0.4) is 0 Å². The Kier molecular flexibility index (Phi) is 4.21. The molecule has 0 aliphatic heterocycles. The standard InChI is InChI=1S/C12H14F3NO2/c1-7-4-5-9(12(13,14)15)6-10(7)16-8(2)11(17)18-3/h4-6,8,16H,1-3H3. The maximum absolute atomic E-state index is 12.5. The second-order valence-electron chi connectivity index (χ2n) is 3.92. The molecule has 0 spiro atoms. The zero-order chi connectivity index (χ0) is 13.9. The third-order valence-electron chi connectivity index (χ3n) is 2.49. The van der Waals surface area contributed by atoms with Crippen molar-refractivity contribution in [1.82, 2.24) is 0 Å². The number of esters is 1. The fourth-order valence-corrected chi connectivity index (χ4v) is 1.42. The summed E-state index contributed by atoms with van der Waals surface area (Å²) >= 11 is 0. The van der Waals surface area contributed by atoms with E-state index in [4.69, 9.17) is 0 Å². The molecule has 1 rings (SSSR count). The second kappa shape index (κ2) is 5.29. The molecule has 0 heterocycles. The largest absolute Gasteiger partial charge is 0.467 e. The van der Waals surface area contributed by atoms with Crippen LogP contribution in [0.5, 0.6) is 0 Å². The van der Waals surface area contributed by atoms with Gasteiger partial charge in [-0.2, -0.15) is 13.2 Å². The number of halogens is 3. The van der Waals surface area contributed by atoms with Crippen LogP contribution in [-0.4, -0.2) is 19.1 Å². The van der Waals surface area contributed by atoms with Gasteiger partial charge >= 0.3 is 12.1 Å². The number of anilines is 1. The van der Waals surface area contributed by atoms with Gasteiger partial charge in [-0.1, -0.05) is 6.07 Å². The topological polar surface area (TPSA) is 38.3 Å². The highest BCUT2D eigenvalue weighted by Gasteiger charge is 2.31. The van der Waals surface area contributed by atoms with Gasteiger partial charge in [0.05, 0.1) is 12.7 Å². The Morgan fingerprint density at radius 1 is 1.39 bits per heavy atom. The van der Waals surface area contributed by atoms with Gasteiger partial charge in [0.1, 0.15) is 6.04 Å². The molecule has 1 aromatic rings.